The first kappa shape index (κ1) is 24.4. The molecule has 11 heteroatoms. The molecule has 0 bridgehead atoms. The minimum atomic E-state index is -0.585. The zero-order valence-electron chi connectivity index (χ0n) is 18.3. The maximum Gasteiger partial charge on any atom is 0.414 e. The third-order valence-electron chi connectivity index (χ3n) is 5.48. The number of halogens is 3. The second-order valence-corrected chi connectivity index (χ2v) is 8.67. The molecule has 2 aliphatic rings. The zero-order valence-corrected chi connectivity index (χ0v) is 19.8. The number of carbonyl (C=O) groups excluding carboxylic acids is 2. The molecule has 2 heterocycles. The summed E-state index contributed by atoms with van der Waals surface area (Å²) in [5.74, 6) is -0.240. The van der Waals surface area contributed by atoms with Crippen molar-refractivity contribution >= 4 is 46.6 Å². The SMILES string of the molecule is O=C(CCOc1ccc(Cl)cc1Cl)NCC1CN(c2ccc(N3CCOCC3)c(F)c2)C(=O)O1. The predicted octanol–water partition coefficient (Wildman–Crippen LogP) is 3.88. The van der Waals surface area contributed by atoms with Gasteiger partial charge < -0.3 is 24.4 Å². The lowest BCUT2D eigenvalue weighted by molar-refractivity contribution is -0.121. The number of carbonyl (C=O) groups is 2. The number of benzene rings is 2. The Bertz CT molecular complexity index is 1050. The summed E-state index contributed by atoms with van der Waals surface area (Å²) in [4.78, 5) is 27.7. The van der Waals surface area contributed by atoms with Crippen LogP contribution in [0.5, 0.6) is 5.75 Å². The van der Waals surface area contributed by atoms with Gasteiger partial charge >= 0.3 is 6.09 Å². The number of nitrogens with one attached hydrogen (secondary N) is 1. The van der Waals surface area contributed by atoms with Gasteiger partial charge in [0.25, 0.3) is 0 Å². The maximum absolute atomic E-state index is 14.7. The predicted molar refractivity (Wildman–Crippen MR) is 127 cm³/mol. The van der Waals surface area contributed by atoms with E-state index in [0.717, 1.165) is 0 Å². The number of rotatable bonds is 8. The van der Waals surface area contributed by atoms with E-state index in [0.29, 0.717) is 53.5 Å². The summed E-state index contributed by atoms with van der Waals surface area (Å²) in [5.41, 5.74) is 0.882. The van der Waals surface area contributed by atoms with Crippen LogP contribution in [-0.2, 0) is 14.3 Å². The van der Waals surface area contributed by atoms with Crippen LogP contribution in [0.2, 0.25) is 10.0 Å². The van der Waals surface area contributed by atoms with Crippen molar-refractivity contribution in [3.8, 4) is 5.75 Å². The summed E-state index contributed by atoms with van der Waals surface area (Å²) >= 11 is 11.9. The Hall–Kier alpha value is -2.75. The van der Waals surface area contributed by atoms with Crippen molar-refractivity contribution < 1.29 is 28.2 Å². The summed E-state index contributed by atoms with van der Waals surface area (Å²) < 4.78 is 30.8. The van der Waals surface area contributed by atoms with Gasteiger partial charge in [0.05, 0.1) is 55.7 Å². The van der Waals surface area contributed by atoms with Crippen LogP contribution in [0.15, 0.2) is 36.4 Å². The molecule has 2 amide bonds. The normalized spacial score (nSPS) is 18.1. The smallest absolute Gasteiger partial charge is 0.414 e. The van der Waals surface area contributed by atoms with Crippen molar-refractivity contribution in [2.75, 3.05) is 55.8 Å². The quantitative estimate of drug-likeness (QED) is 0.579. The van der Waals surface area contributed by atoms with Gasteiger partial charge in [-0.3, -0.25) is 9.69 Å². The molecule has 8 nitrogen and oxygen atoms in total. The number of amides is 2. The number of cyclic esters (lactones) is 1. The molecule has 182 valence electrons. The minimum absolute atomic E-state index is 0.0948. The van der Waals surface area contributed by atoms with Crippen molar-refractivity contribution in [3.05, 3.63) is 52.3 Å². The number of anilines is 2. The summed E-state index contributed by atoms with van der Waals surface area (Å²) in [6.45, 7) is 2.78. The van der Waals surface area contributed by atoms with Crippen molar-refractivity contribution in [2.45, 2.75) is 12.5 Å². The molecule has 0 saturated carbocycles. The third-order valence-corrected chi connectivity index (χ3v) is 6.01. The Balaban J connectivity index is 1.24. The lowest BCUT2D eigenvalue weighted by Gasteiger charge is -2.29. The maximum atomic E-state index is 14.7. The number of hydrogen-bond donors (Lipinski definition) is 1. The highest BCUT2D eigenvalue weighted by atomic mass is 35.5. The average Bonchev–Trinajstić information content (AvgIpc) is 3.20. The fourth-order valence-corrected chi connectivity index (χ4v) is 4.19. The van der Waals surface area contributed by atoms with Gasteiger partial charge in [-0.05, 0) is 36.4 Å². The van der Waals surface area contributed by atoms with Gasteiger partial charge in [0.1, 0.15) is 17.7 Å². The van der Waals surface area contributed by atoms with Crippen LogP contribution in [-0.4, -0.2) is 64.1 Å². The molecule has 34 heavy (non-hydrogen) atoms. The number of ether oxygens (including phenoxy) is 3. The first-order valence-corrected chi connectivity index (χ1v) is 11.6. The van der Waals surface area contributed by atoms with Gasteiger partial charge in [-0.2, -0.15) is 0 Å². The Morgan fingerprint density at radius 2 is 1.97 bits per heavy atom. The van der Waals surface area contributed by atoms with Crippen molar-refractivity contribution in [2.24, 2.45) is 0 Å². The van der Waals surface area contributed by atoms with Crippen molar-refractivity contribution in [3.63, 3.8) is 0 Å². The third kappa shape index (κ3) is 6.02. The van der Waals surface area contributed by atoms with Gasteiger partial charge in [-0.15, -0.1) is 0 Å². The molecule has 0 spiro atoms. The van der Waals surface area contributed by atoms with E-state index in [1.165, 1.54) is 11.0 Å². The van der Waals surface area contributed by atoms with Crippen LogP contribution < -0.4 is 19.9 Å². The Kier molecular flexibility index (Phi) is 7.97. The molecule has 1 atom stereocenters. The summed E-state index contributed by atoms with van der Waals surface area (Å²) in [6, 6.07) is 9.50. The average molecular weight is 512 g/mol. The van der Waals surface area contributed by atoms with E-state index in [1.54, 1.807) is 30.3 Å². The minimum Gasteiger partial charge on any atom is -0.491 e. The standard InChI is InChI=1S/C23H24Cl2FN3O5/c24-15-1-4-21(18(25)11-15)33-8-5-22(30)27-13-17-14-29(23(31)34-17)16-2-3-20(19(26)12-16)28-6-9-32-10-7-28/h1-4,11-12,17H,5-10,13-14H2,(H,27,30). The molecule has 1 unspecified atom stereocenters. The molecule has 2 aromatic carbocycles. The zero-order chi connectivity index (χ0) is 24.1. The summed E-state index contributed by atoms with van der Waals surface area (Å²) in [7, 11) is 0. The van der Waals surface area contributed by atoms with E-state index < -0.39 is 18.0 Å². The van der Waals surface area contributed by atoms with E-state index in [4.69, 9.17) is 37.4 Å². The van der Waals surface area contributed by atoms with Crippen molar-refractivity contribution in [1.29, 1.82) is 0 Å². The van der Waals surface area contributed by atoms with E-state index in [-0.39, 0.29) is 32.0 Å². The van der Waals surface area contributed by atoms with E-state index in [2.05, 4.69) is 5.32 Å². The Morgan fingerprint density at radius 1 is 1.18 bits per heavy atom. The second kappa shape index (κ2) is 11.1. The summed E-state index contributed by atoms with van der Waals surface area (Å²) in [5, 5.41) is 3.57. The highest BCUT2D eigenvalue weighted by molar-refractivity contribution is 6.35. The number of nitrogens with zero attached hydrogens (tertiary/aromatic N) is 2. The van der Waals surface area contributed by atoms with E-state index >= 15 is 0 Å². The highest BCUT2D eigenvalue weighted by Crippen LogP contribution is 2.29. The van der Waals surface area contributed by atoms with Gasteiger partial charge in [-0.25, -0.2) is 9.18 Å². The molecule has 0 aliphatic carbocycles. The van der Waals surface area contributed by atoms with Crippen LogP contribution >= 0.6 is 23.2 Å². The molecular formula is C23H24Cl2FN3O5. The van der Waals surface area contributed by atoms with E-state index in [1.807, 2.05) is 4.90 Å². The molecule has 1 N–H and O–H groups in total. The molecule has 0 radical (unpaired) electrons. The Labute approximate surface area is 206 Å². The summed E-state index contributed by atoms with van der Waals surface area (Å²) in [6.07, 6.45) is -1.04. The Morgan fingerprint density at radius 3 is 2.71 bits per heavy atom. The number of morpholine rings is 1. The van der Waals surface area contributed by atoms with Crippen LogP contribution in [0.3, 0.4) is 0 Å². The molecule has 2 aliphatic heterocycles. The molecular weight excluding hydrogens is 488 g/mol. The topological polar surface area (TPSA) is 80.3 Å². The molecule has 2 saturated heterocycles. The fraction of sp³-hybridized carbons (Fsp3) is 0.391. The van der Waals surface area contributed by atoms with Gasteiger partial charge in [-0.1, -0.05) is 23.2 Å². The second-order valence-electron chi connectivity index (χ2n) is 7.83. The monoisotopic (exact) mass is 511 g/mol. The van der Waals surface area contributed by atoms with Gasteiger partial charge in [0, 0.05) is 18.1 Å². The lowest BCUT2D eigenvalue weighted by atomic mass is 10.2. The van der Waals surface area contributed by atoms with Crippen molar-refractivity contribution in [1.82, 2.24) is 5.32 Å². The van der Waals surface area contributed by atoms with Crippen LogP contribution in [0.1, 0.15) is 6.42 Å². The van der Waals surface area contributed by atoms with Crippen LogP contribution in [0.25, 0.3) is 0 Å². The highest BCUT2D eigenvalue weighted by Gasteiger charge is 2.33. The number of hydrogen-bond acceptors (Lipinski definition) is 6. The largest absolute Gasteiger partial charge is 0.491 e. The van der Waals surface area contributed by atoms with Crippen LogP contribution in [0, 0.1) is 5.82 Å². The fourth-order valence-electron chi connectivity index (χ4n) is 3.73. The van der Waals surface area contributed by atoms with E-state index in [9.17, 15) is 14.0 Å². The molecule has 2 aromatic rings. The molecule has 2 fully saturated rings. The van der Waals surface area contributed by atoms with Gasteiger partial charge in [0.2, 0.25) is 5.91 Å². The first-order valence-electron chi connectivity index (χ1n) is 10.9. The van der Waals surface area contributed by atoms with Crippen LogP contribution in [0.4, 0.5) is 20.6 Å². The molecule has 4 rings (SSSR count). The lowest BCUT2D eigenvalue weighted by Crippen LogP contribution is -2.37. The van der Waals surface area contributed by atoms with Gasteiger partial charge in [0.15, 0.2) is 0 Å². The first-order chi connectivity index (χ1) is 16.4. The molecule has 0 aromatic heterocycles.